The Morgan fingerprint density at radius 1 is 1.07 bits per heavy atom. The normalized spacial score (nSPS) is 17.9. The summed E-state index contributed by atoms with van der Waals surface area (Å²) in [4.78, 5) is 80.3. The first-order valence-electron chi connectivity index (χ1n) is 13.7. The zero-order chi connectivity index (χ0) is 32.4. The van der Waals surface area contributed by atoms with Crippen molar-refractivity contribution in [3.05, 3.63) is 99.1 Å². The topological polar surface area (TPSA) is 195 Å². The van der Waals surface area contributed by atoms with Gasteiger partial charge in [-0.05, 0) is 36.2 Å². The number of aryl methyl sites for hydroxylation is 1. The number of β-lactam (4-membered cyclic amide) rings is 1. The van der Waals surface area contributed by atoms with Crippen molar-refractivity contribution in [1.82, 2.24) is 20.5 Å². The number of aromatic hydroxyl groups is 1. The van der Waals surface area contributed by atoms with Crippen LogP contribution in [0, 0.1) is 6.92 Å². The highest BCUT2D eigenvalue weighted by atomic mass is 32.2. The van der Waals surface area contributed by atoms with Crippen molar-refractivity contribution < 1.29 is 38.9 Å². The van der Waals surface area contributed by atoms with Gasteiger partial charge in [0.1, 0.15) is 41.1 Å². The lowest BCUT2D eigenvalue weighted by Crippen LogP contribution is -2.71. The number of amides is 3. The minimum absolute atomic E-state index is 0.0913. The summed E-state index contributed by atoms with van der Waals surface area (Å²) >= 11 is 1.18. The van der Waals surface area contributed by atoms with E-state index in [9.17, 15) is 39.0 Å². The fourth-order valence-corrected chi connectivity index (χ4v) is 6.39. The van der Waals surface area contributed by atoms with E-state index in [1.165, 1.54) is 49.1 Å². The van der Waals surface area contributed by atoms with Crippen molar-refractivity contribution in [3.8, 4) is 16.9 Å². The van der Waals surface area contributed by atoms with Gasteiger partial charge in [0.2, 0.25) is 5.91 Å². The summed E-state index contributed by atoms with van der Waals surface area (Å²) < 4.78 is 4.94. The van der Waals surface area contributed by atoms with Gasteiger partial charge in [-0.1, -0.05) is 42.0 Å². The number of aromatic amines is 1. The summed E-state index contributed by atoms with van der Waals surface area (Å²) in [7, 11) is 0. The first-order chi connectivity index (χ1) is 21.5. The van der Waals surface area contributed by atoms with Crippen LogP contribution in [-0.2, 0) is 23.9 Å². The van der Waals surface area contributed by atoms with E-state index in [4.69, 9.17) is 4.74 Å². The number of phenols is 1. The van der Waals surface area contributed by atoms with E-state index in [0.29, 0.717) is 11.1 Å². The molecule has 3 aromatic rings. The summed E-state index contributed by atoms with van der Waals surface area (Å²) in [6.45, 7) is 2.78. The van der Waals surface area contributed by atoms with E-state index < -0.39 is 52.7 Å². The van der Waals surface area contributed by atoms with Crippen molar-refractivity contribution in [2.45, 2.75) is 31.3 Å². The SMILES string of the molecule is CC(=O)OCC1=C(C(=O)O)N2C(=O)C(NC(=O)C(NC(=O)c3c(-c4ccc(C)cc4)cc[nH]c3=O)c3ccc(O)cc3)[C@@H]2SC1. The van der Waals surface area contributed by atoms with Crippen LogP contribution in [0.2, 0.25) is 0 Å². The number of carboxylic acid groups (broad SMARTS) is 1. The molecule has 0 spiro atoms. The molecule has 3 atom stereocenters. The zero-order valence-electron chi connectivity index (χ0n) is 24.0. The van der Waals surface area contributed by atoms with Gasteiger partial charge in [0.15, 0.2) is 0 Å². The summed E-state index contributed by atoms with van der Waals surface area (Å²) in [5.74, 6) is -4.31. The lowest BCUT2D eigenvalue weighted by molar-refractivity contribution is -0.151. The number of ether oxygens (including phenoxy) is 1. The van der Waals surface area contributed by atoms with E-state index in [0.717, 1.165) is 10.5 Å². The number of nitrogens with zero attached hydrogens (tertiary/aromatic N) is 1. The molecule has 1 saturated heterocycles. The molecule has 3 amide bonds. The molecule has 5 rings (SSSR count). The standard InChI is InChI=1S/C31H28N4O9S/c1-15-3-5-17(6-4-15)21-11-12-32-26(38)22(21)27(39)33-23(18-7-9-20(37)10-8-18)28(40)34-24-29(41)35-25(31(42)43)19(13-44-16(2)36)14-45-30(24)35/h3-12,23-24,30,37H,13-14H2,1-2H3,(H,32,38)(H,33,39)(H,34,40)(H,42,43)/t23?,24?,30-/m0/s1. The smallest absolute Gasteiger partial charge is 0.352 e. The number of carbonyl (C=O) groups excluding carboxylic acids is 4. The number of hydrogen-bond donors (Lipinski definition) is 5. The number of hydrogen-bond acceptors (Lipinski definition) is 9. The van der Waals surface area contributed by atoms with Crippen LogP contribution < -0.4 is 16.2 Å². The molecule has 14 heteroatoms. The molecule has 0 saturated carbocycles. The molecule has 1 fully saturated rings. The van der Waals surface area contributed by atoms with E-state index >= 15 is 0 Å². The van der Waals surface area contributed by atoms with Crippen LogP contribution in [0.15, 0.2) is 76.9 Å². The maximum Gasteiger partial charge on any atom is 0.352 e. The lowest BCUT2D eigenvalue weighted by Gasteiger charge is -2.49. The molecule has 3 heterocycles. The number of pyridine rings is 1. The fraction of sp³-hybridized carbons (Fsp3) is 0.226. The van der Waals surface area contributed by atoms with E-state index in [1.807, 2.05) is 19.1 Å². The maximum atomic E-state index is 13.7. The number of fused-ring (bicyclic) bond motifs is 1. The molecule has 13 nitrogen and oxygen atoms in total. The number of H-pyrrole nitrogens is 1. The van der Waals surface area contributed by atoms with Crippen molar-refractivity contribution >= 4 is 41.4 Å². The van der Waals surface area contributed by atoms with Gasteiger partial charge in [0.25, 0.3) is 17.4 Å². The largest absolute Gasteiger partial charge is 0.508 e. The minimum Gasteiger partial charge on any atom is -0.508 e. The summed E-state index contributed by atoms with van der Waals surface area (Å²) in [6.07, 6.45) is 1.41. The monoisotopic (exact) mass is 632 g/mol. The number of phenolic OH excluding ortho intramolecular Hbond substituents is 1. The highest BCUT2D eigenvalue weighted by Crippen LogP contribution is 2.40. The highest BCUT2D eigenvalue weighted by molar-refractivity contribution is 8.00. The third kappa shape index (κ3) is 6.31. The van der Waals surface area contributed by atoms with Crippen LogP contribution in [0.3, 0.4) is 0 Å². The average Bonchev–Trinajstić information content (AvgIpc) is 3.01. The summed E-state index contributed by atoms with van der Waals surface area (Å²) in [5.41, 5.74) is 1.17. The van der Waals surface area contributed by atoms with E-state index in [1.54, 1.807) is 18.2 Å². The van der Waals surface area contributed by atoms with Gasteiger partial charge in [-0.2, -0.15) is 0 Å². The number of aromatic nitrogens is 1. The van der Waals surface area contributed by atoms with Gasteiger partial charge < -0.3 is 30.6 Å². The molecule has 2 unspecified atom stereocenters. The number of carbonyl (C=O) groups is 5. The number of nitrogens with one attached hydrogen (secondary N) is 3. The summed E-state index contributed by atoms with van der Waals surface area (Å²) in [5, 5.41) is 24.1. The number of carboxylic acids is 1. The van der Waals surface area contributed by atoms with Crippen molar-refractivity contribution in [2.75, 3.05) is 12.4 Å². The molecule has 2 aliphatic heterocycles. The second-order valence-electron chi connectivity index (χ2n) is 10.4. The highest BCUT2D eigenvalue weighted by Gasteiger charge is 2.54. The van der Waals surface area contributed by atoms with Crippen LogP contribution in [0.25, 0.3) is 11.1 Å². The first-order valence-corrected chi connectivity index (χ1v) is 14.7. The zero-order valence-corrected chi connectivity index (χ0v) is 24.8. The minimum atomic E-state index is -1.41. The van der Waals surface area contributed by atoms with Crippen molar-refractivity contribution in [1.29, 1.82) is 0 Å². The van der Waals surface area contributed by atoms with Gasteiger partial charge >= 0.3 is 11.9 Å². The van der Waals surface area contributed by atoms with Gasteiger partial charge in [0.05, 0.1) is 0 Å². The van der Waals surface area contributed by atoms with Crippen LogP contribution in [0.5, 0.6) is 5.75 Å². The number of thioether (sulfide) groups is 1. The second kappa shape index (κ2) is 12.7. The Balaban J connectivity index is 1.41. The van der Waals surface area contributed by atoms with Crippen LogP contribution >= 0.6 is 11.8 Å². The van der Waals surface area contributed by atoms with Crippen molar-refractivity contribution in [3.63, 3.8) is 0 Å². The molecule has 1 aromatic heterocycles. The Kier molecular flexibility index (Phi) is 8.77. The third-order valence-electron chi connectivity index (χ3n) is 7.31. The molecular weight excluding hydrogens is 604 g/mol. The predicted molar refractivity (Wildman–Crippen MR) is 162 cm³/mol. The Hall–Kier alpha value is -5.37. The molecule has 0 aliphatic carbocycles. The Labute approximate surface area is 260 Å². The van der Waals surface area contributed by atoms with Crippen molar-refractivity contribution in [2.24, 2.45) is 0 Å². The van der Waals surface area contributed by atoms with E-state index in [2.05, 4.69) is 15.6 Å². The molecule has 2 aliphatic rings. The maximum absolute atomic E-state index is 13.7. The molecule has 45 heavy (non-hydrogen) atoms. The Bertz CT molecular complexity index is 1780. The van der Waals surface area contributed by atoms with Gasteiger partial charge in [-0.3, -0.25) is 28.9 Å². The molecule has 0 bridgehead atoms. The Morgan fingerprint density at radius 2 is 1.76 bits per heavy atom. The molecule has 232 valence electrons. The second-order valence-corrected chi connectivity index (χ2v) is 11.5. The molecule has 0 radical (unpaired) electrons. The third-order valence-corrected chi connectivity index (χ3v) is 8.65. The fourth-order valence-electron chi connectivity index (χ4n) is 5.07. The van der Waals surface area contributed by atoms with Gasteiger partial charge in [0, 0.05) is 30.0 Å². The molecular formula is C31H28N4O9S. The average molecular weight is 633 g/mol. The molecule has 2 aromatic carbocycles. The number of esters is 1. The number of rotatable bonds is 9. The van der Waals surface area contributed by atoms with Crippen LogP contribution in [0.1, 0.15) is 34.5 Å². The number of aliphatic carboxylic acids is 1. The molecule has 5 N–H and O–H groups in total. The lowest BCUT2D eigenvalue weighted by atomic mass is 9.98. The summed E-state index contributed by atoms with van der Waals surface area (Å²) in [6, 6.07) is 11.7. The quantitative estimate of drug-likeness (QED) is 0.172. The van der Waals surface area contributed by atoms with Crippen LogP contribution in [0.4, 0.5) is 0 Å². The van der Waals surface area contributed by atoms with Gasteiger partial charge in [-0.25, -0.2) is 4.79 Å². The predicted octanol–water partition coefficient (Wildman–Crippen LogP) is 1.83. The number of benzene rings is 2. The van der Waals surface area contributed by atoms with E-state index in [-0.39, 0.29) is 40.5 Å². The van der Waals surface area contributed by atoms with Gasteiger partial charge in [-0.15, -0.1) is 11.8 Å². The first kappa shape index (κ1) is 31.1. The van der Waals surface area contributed by atoms with Crippen LogP contribution in [-0.4, -0.2) is 73.5 Å². The Morgan fingerprint density at radius 3 is 2.40 bits per heavy atom.